The number of halogens is 1. The van der Waals surface area contributed by atoms with Crippen LogP contribution in [0.2, 0.25) is 0 Å². The van der Waals surface area contributed by atoms with E-state index in [0.717, 1.165) is 38.8 Å². The molecular formula is C24H31FN2O4S. The van der Waals surface area contributed by atoms with Gasteiger partial charge in [-0.2, -0.15) is 0 Å². The first-order valence-corrected chi connectivity index (χ1v) is 12.9. The molecule has 174 valence electrons. The van der Waals surface area contributed by atoms with E-state index in [1.807, 2.05) is 30.3 Å². The van der Waals surface area contributed by atoms with Gasteiger partial charge >= 0.3 is 0 Å². The smallest absolute Gasteiger partial charge is 0.217 e. The molecule has 2 aliphatic rings. The number of rotatable bonds is 8. The highest BCUT2D eigenvalue weighted by molar-refractivity contribution is 7.89. The second kappa shape index (κ2) is 10.6. The van der Waals surface area contributed by atoms with E-state index < -0.39 is 10.0 Å². The summed E-state index contributed by atoms with van der Waals surface area (Å²) in [6.45, 7) is 3.03. The summed E-state index contributed by atoms with van der Waals surface area (Å²) in [5.41, 5.74) is 0. The molecule has 2 aromatic rings. The minimum absolute atomic E-state index is 0.00859. The molecule has 0 aromatic heterocycles. The molecule has 0 spiro atoms. The van der Waals surface area contributed by atoms with Crippen molar-refractivity contribution < 1.29 is 22.3 Å². The predicted octanol–water partition coefficient (Wildman–Crippen LogP) is 3.54. The second-order valence-electron chi connectivity index (χ2n) is 8.39. The Morgan fingerprint density at radius 1 is 0.875 bits per heavy atom. The first-order valence-electron chi connectivity index (χ1n) is 11.3. The van der Waals surface area contributed by atoms with Crippen LogP contribution in [-0.4, -0.2) is 68.3 Å². The van der Waals surface area contributed by atoms with Crippen molar-refractivity contribution in [3.05, 3.63) is 60.4 Å². The Hall–Kier alpha value is -2.16. The van der Waals surface area contributed by atoms with Crippen LogP contribution in [0.5, 0.6) is 11.5 Å². The molecule has 0 amide bonds. The maximum absolute atomic E-state index is 13.8. The third kappa shape index (κ3) is 5.99. The minimum Gasteiger partial charge on any atom is -0.492 e. The van der Waals surface area contributed by atoms with Crippen molar-refractivity contribution in [2.75, 3.05) is 38.5 Å². The van der Waals surface area contributed by atoms with Crippen molar-refractivity contribution in [2.45, 2.75) is 37.8 Å². The lowest BCUT2D eigenvalue weighted by Crippen LogP contribution is -2.50. The summed E-state index contributed by atoms with van der Waals surface area (Å²) in [5.74, 6) is 0.674. The zero-order chi connectivity index (χ0) is 22.4. The molecule has 0 saturated carbocycles. The molecule has 0 unspecified atom stereocenters. The summed E-state index contributed by atoms with van der Waals surface area (Å²) >= 11 is 0. The van der Waals surface area contributed by atoms with E-state index in [0.29, 0.717) is 30.6 Å². The lowest BCUT2D eigenvalue weighted by atomic mass is 10.00. The Bertz CT molecular complexity index is 957. The van der Waals surface area contributed by atoms with Crippen LogP contribution in [0, 0.1) is 5.82 Å². The molecule has 4 rings (SSSR count). The topological polar surface area (TPSA) is 59.1 Å². The van der Waals surface area contributed by atoms with Gasteiger partial charge in [0, 0.05) is 32.2 Å². The molecule has 32 heavy (non-hydrogen) atoms. The number of para-hydroxylation sites is 2. The first-order chi connectivity index (χ1) is 15.5. The highest BCUT2D eigenvalue weighted by Gasteiger charge is 2.32. The highest BCUT2D eigenvalue weighted by Crippen LogP contribution is 2.26. The van der Waals surface area contributed by atoms with E-state index >= 15 is 0 Å². The van der Waals surface area contributed by atoms with Gasteiger partial charge in [0.2, 0.25) is 10.0 Å². The van der Waals surface area contributed by atoms with Gasteiger partial charge in [-0.15, -0.1) is 0 Å². The molecule has 2 heterocycles. The number of ether oxygens (including phenoxy) is 2. The molecular weight excluding hydrogens is 431 g/mol. The van der Waals surface area contributed by atoms with Crippen LogP contribution < -0.4 is 9.47 Å². The summed E-state index contributed by atoms with van der Waals surface area (Å²) in [6, 6.07) is 16.2. The Balaban J connectivity index is 1.19. The van der Waals surface area contributed by atoms with Crippen molar-refractivity contribution in [3.8, 4) is 11.5 Å². The van der Waals surface area contributed by atoms with E-state index in [4.69, 9.17) is 9.47 Å². The maximum Gasteiger partial charge on any atom is 0.217 e. The number of piperidine rings is 2. The Labute approximate surface area is 190 Å². The summed E-state index contributed by atoms with van der Waals surface area (Å²) in [5, 5.41) is 0. The zero-order valence-corrected chi connectivity index (χ0v) is 19.1. The van der Waals surface area contributed by atoms with Crippen LogP contribution >= 0.6 is 0 Å². The van der Waals surface area contributed by atoms with Gasteiger partial charge in [-0.25, -0.2) is 17.1 Å². The molecule has 2 aliphatic heterocycles. The van der Waals surface area contributed by atoms with Gasteiger partial charge in [0.25, 0.3) is 0 Å². The van der Waals surface area contributed by atoms with Crippen molar-refractivity contribution in [1.82, 2.24) is 9.21 Å². The first kappa shape index (κ1) is 23.0. The standard InChI is InChI=1S/C24H31FN2O4S/c25-23-8-4-5-9-24(23)31-22-12-14-26(15-13-22)20-10-16-27(17-11-20)32(28,29)19-18-30-21-6-2-1-3-7-21/h1-9,20,22H,10-19H2. The summed E-state index contributed by atoms with van der Waals surface area (Å²) in [7, 11) is -3.32. The molecule has 0 radical (unpaired) electrons. The monoisotopic (exact) mass is 462 g/mol. The van der Waals surface area contributed by atoms with Crippen LogP contribution in [0.1, 0.15) is 25.7 Å². The third-order valence-electron chi connectivity index (χ3n) is 6.29. The van der Waals surface area contributed by atoms with Crippen LogP contribution in [0.15, 0.2) is 54.6 Å². The van der Waals surface area contributed by atoms with E-state index in [9.17, 15) is 12.8 Å². The predicted molar refractivity (Wildman–Crippen MR) is 122 cm³/mol. The van der Waals surface area contributed by atoms with Crippen molar-refractivity contribution in [3.63, 3.8) is 0 Å². The number of hydrogen-bond donors (Lipinski definition) is 0. The molecule has 0 N–H and O–H groups in total. The maximum atomic E-state index is 13.8. The molecule has 8 heteroatoms. The number of sulfonamides is 1. The SMILES string of the molecule is O=S(=O)(CCOc1ccccc1)N1CCC(N2CCC(Oc3ccccc3F)CC2)CC1. The van der Waals surface area contributed by atoms with Gasteiger partial charge in [0.15, 0.2) is 11.6 Å². The van der Waals surface area contributed by atoms with E-state index in [-0.39, 0.29) is 24.3 Å². The fraction of sp³-hybridized carbons (Fsp3) is 0.500. The largest absolute Gasteiger partial charge is 0.492 e. The van der Waals surface area contributed by atoms with Gasteiger partial charge in [0.05, 0.1) is 5.75 Å². The van der Waals surface area contributed by atoms with Crippen LogP contribution in [0.4, 0.5) is 4.39 Å². The van der Waals surface area contributed by atoms with Gasteiger partial charge in [-0.1, -0.05) is 30.3 Å². The van der Waals surface area contributed by atoms with Gasteiger partial charge in [-0.05, 0) is 49.9 Å². The number of benzene rings is 2. The number of hydrogen-bond acceptors (Lipinski definition) is 5. The van der Waals surface area contributed by atoms with E-state index in [2.05, 4.69) is 4.90 Å². The Morgan fingerprint density at radius 3 is 2.22 bits per heavy atom. The van der Waals surface area contributed by atoms with Crippen molar-refractivity contribution in [2.24, 2.45) is 0 Å². The average molecular weight is 463 g/mol. The molecule has 0 atom stereocenters. The molecule has 2 saturated heterocycles. The second-order valence-corrected chi connectivity index (χ2v) is 10.5. The summed E-state index contributed by atoms with van der Waals surface area (Å²) in [6.07, 6.45) is 3.39. The highest BCUT2D eigenvalue weighted by atomic mass is 32.2. The molecule has 0 bridgehead atoms. The minimum atomic E-state index is -3.32. The normalized spacial score (nSPS) is 19.7. The van der Waals surface area contributed by atoms with Crippen molar-refractivity contribution >= 4 is 10.0 Å². The molecule has 2 fully saturated rings. The Morgan fingerprint density at radius 2 is 1.53 bits per heavy atom. The molecule has 2 aromatic carbocycles. The van der Waals surface area contributed by atoms with E-state index in [1.165, 1.54) is 6.07 Å². The van der Waals surface area contributed by atoms with Crippen LogP contribution in [-0.2, 0) is 10.0 Å². The van der Waals surface area contributed by atoms with Gasteiger partial charge < -0.3 is 14.4 Å². The van der Waals surface area contributed by atoms with Crippen molar-refractivity contribution in [1.29, 1.82) is 0 Å². The van der Waals surface area contributed by atoms with Crippen LogP contribution in [0.25, 0.3) is 0 Å². The lowest BCUT2D eigenvalue weighted by Gasteiger charge is -2.41. The average Bonchev–Trinajstić information content (AvgIpc) is 2.82. The third-order valence-corrected chi connectivity index (χ3v) is 8.13. The summed E-state index contributed by atoms with van der Waals surface area (Å²) < 4.78 is 52.2. The summed E-state index contributed by atoms with van der Waals surface area (Å²) in [4.78, 5) is 2.43. The fourth-order valence-electron chi connectivity index (χ4n) is 4.47. The van der Waals surface area contributed by atoms with Gasteiger partial charge in [-0.3, -0.25) is 0 Å². The van der Waals surface area contributed by atoms with E-state index in [1.54, 1.807) is 22.5 Å². The molecule has 6 nitrogen and oxygen atoms in total. The van der Waals surface area contributed by atoms with Gasteiger partial charge in [0.1, 0.15) is 18.5 Å². The fourth-order valence-corrected chi connectivity index (χ4v) is 5.79. The zero-order valence-electron chi connectivity index (χ0n) is 18.2. The van der Waals surface area contributed by atoms with Crippen LogP contribution in [0.3, 0.4) is 0 Å². The molecule has 0 aliphatic carbocycles. The number of likely N-dealkylation sites (tertiary alicyclic amines) is 1. The Kier molecular flexibility index (Phi) is 7.65. The quantitative estimate of drug-likeness (QED) is 0.601. The lowest BCUT2D eigenvalue weighted by molar-refractivity contribution is 0.0567. The number of nitrogens with zero attached hydrogens (tertiary/aromatic N) is 2.